The number of fused-ring (bicyclic) bond motifs is 8. The summed E-state index contributed by atoms with van der Waals surface area (Å²) in [5.74, 6) is 30.9. The van der Waals surface area contributed by atoms with Crippen LogP contribution in [0.15, 0.2) is 147 Å². The Morgan fingerprint density at radius 2 is 0.500 bits per heavy atom. The summed E-state index contributed by atoms with van der Waals surface area (Å²) in [7, 11) is 0. The largest absolute Gasteiger partial charge is 0.493 e. The second kappa shape index (κ2) is 26.2. The van der Waals surface area contributed by atoms with Crippen LogP contribution in [0.4, 0.5) is 0 Å². The first-order valence-electron chi connectivity index (χ1n) is 26.3. The molecule has 1 aliphatic carbocycles. The fourth-order valence-electron chi connectivity index (χ4n) is 9.06. The maximum atomic E-state index is 6.95. The minimum atomic E-state index is 0.463. The lowest BCUT2D eigenvalue weighted by Gasteiger charge is -2.24. The molecule has 0 radical (unpaired) electrons. The Morgan fingerprint density at radius 1 is 0.303 bits per heavy atom. The lowest BCUT2D eigenvalue weighted by Crippen LogP contribution is -2.11. The van der Waals surface area contributed by atoms with Gasteiger partial charge in [-0.05, 0) is 123 Å². The summed E-state index contributed by atoms with van der Waals surface area (Å²) in [6.45, 7) is 10.6. The maximum Gasteiger partial charge on any atom is 0.126 e. The summed E-state index contributed by atoms with van der Waals surface area (Å²) in [6, 6.07) is 32.9. The third kappa shape index (κ3) is 13.7. The van der Waals surface area contributed by atoms with Gasteiger partial charge in [-0.1, -0.05) is 75.1 Å². The van der Waals surface area contributed by atoms with E-state index in [1.165, 1.54) is 0 Å². The van der Waals surface area contributed by atoms with Crippen LogP contribution >= 0.6 is 0 Å². The predicted octanol–water partition coefficient (Wildman–Crippen LogP) is 12.7. The summed E-state index contributed by atoms with van der Waals surface area (Å²) in [4.78, 5) is 17.4. The van der Waals surface area contributed by atoms with Gasteiger partial charge < -0.3 is 18.9 Å². The van der Waals surface area contributed by atoms with Gasteiger partial charge in [0.1, 0.15) is 23.0 Å². The molecule has 0 aliphatic heterocycles. The first-order valence-corrected chi connectivity index (χ1v) is 26.3. The summed E-state index contributed by atoms with van der Waals surface area (Å²) in [5.41, 5.74) is 14.5. The topological polar surface area (TPSA) is 88.5 Å². The number of hydrogen-bond acceptors (Lipinski definition) is 8. The zero-order chi connectivity index (χ0) is 52.3. The molecule has 8 aromatic rings. The Bertz CT molecular complexity index is 2980. The minimum Gasteiger partial charge on any atom is -0.493 e. The van der Waals surface area contributed by atoms with Gasteiger partial charge in [0.05, 0.1) is 26.4 Å². The van der Waals surface area contributed by atoms with Crippen molar-refractivity contribution < 1.29 is 18.9 Å². The smallest absolute Gasteiger partial charge is 0.126 e. The minimum absolute atomic E-state index is 0.463. The Hall–Kier alpha value is -9.08. The van der Waals surface area contributed by atoms with Gasteiger partial charge in [-0.15, -0.1) is 0 Å². The molecule has 76 heavy (non-hydrogen) atoms. The number of benzene rings is 4. The first kappa shape index (κ1) is 51.8. The van der Waals surface area contributed by atoms with Crippen LogP contribution < -0.4 is 18.9 Å². The molecule has 4 heterocycles. The van der Waals surface area contributed by atoms with Crippen LogP contribution in [0.2, 0.25) is 0 Å². The number of aromatic nitrogens is 4. The average Bonchev–Trinajstić information content (AvgIpc) is 3.46. The third-order valence-corrected chi connectivity index (χ3v) is 12.3. The van der Waals surface area contributed by atoms with E-state index in [1.807, 2.05) is 48.5 Å². The van der Waals surface area contributed by atoms with E-state index in [9.17, 15) is 0 Å². The van der Waals surface area contributed by atoms with Crippen LogP contribution in [0.3, 0.4) is 0 Å². The molecule has 0 atom stereocenters. The molecule has 0 saturated carbocycles. The summed E-state index contributed by atoms with van der Waals surface area (Å²) in [5, 5.41) is 0. The third-order valence-electron chi connectivity index (χ3n) is 12.3. The van der Waals surface area contributed by atoms with E-state index in [4.69, 9.17) is 18.9 Å². The molecule has 4 aromatic heterocycles. The fraction of sp³-hybridized carbons (Fsp3) is 0.235. The fourth-order valence-corrected chi connectivity index (χ4v) is 9.06. The molecule has 0 N–H and O–H groups in total. The molecule has 9 rings (SSSR count). The van der Waals surface area contributed by atoms with E-state index in [0.717, 1.165) is 138 Å². The molecule has 8 nitrogen and oxygen atoms in total. The van der Waals surface area contributed by atoms with E-state index in [-0.39, 0.29) is 0 Å². The number of nitrogens with zero attached hydrogens (tertiary/aromatic N) is 4. The molecule has 0 spiro atoms. The highest BCUT2D eigenvalue weighted by atomic mass is 16.5. The molecule has 0 unspecified atom stereocenters. The van der Waals surface area contributed by atoms with E-state index in [1.54, 1.807) is 49.6 Å². The van der Waals surface area contributed by atoms with Crippen molar-refractivity contribution in [2.75, 3.05) is 26.4 Å². The van der Waals surface area contributed by atoms with Crippen LogP contribution in [0.1, 0.15) is 142 Å². The summed E-state index contributed by atoms with van der Waals surface area (Å²) >= 11 is 0. The van der Waals surface area contributed by atoms with Crippen LogP contribution in [-0.4, -0.2) is 46.4 Å². The zero-order valence-corrected chi connectivity index (χ0v) is 43.8. The van der Waals surface area contributed by atoms with Crippen molar-refractivity contribution in [3.8, 4) is 70.4 Å². The van der Waals surface area contributed by atoms with E-state index >= 15 is 0 Å². The highest BCUT2D eigenvalue weighted by molar-refractivity contribution is 5.63. The average molecular weight is 997 g/mol. The van der Waals surface area contributed by atoms with Crippen molar-refractivity contribution >= 4 is 0 Å². The lowest BCUT2D eigenvalue weighted by molar-refractivity contribution is 0.304. The summed E-state index contributed by atoms with van der Waals surface area (Å²) in [6.07, 6.45) is 19.3. The second-order valence-electron chi connectivity index (χ2n) is 18.6. The van der Waals surface area contributed by atoms with E-state index < -0.39 is 0 Å². The summed E-state index contributed by atoms with van der Waals surface area (Å²) < 4.78 is 27.8. The van der Waals surface area contributed by atoms with Gasteiger partial charge in [-0.3, -0.25) is 19.9 Å². The van der Waals surface area contributed by atoms with Gasteiger partial charge in [0.2, 0.25) is 0 Å². The monoisotopic (exact) mass is 996 g/mol. The normalized spacial score (nSPS) is 11.2. The molecular formula is C68H60N4O4. The van der Waals surface area contributed by atoms with Crippen molar-refractivity contribution in [2.24, 2.45) is 0 Å². The molecule has 376 valence electrons. The standard InChI is InChI=1S/C68H60N4O4/c1-5-29-73-65-57-33-53(21-17-49-13-9-25-69-45-49)34-58(65)42-60-36-55(23-19-51-15-11-27-71-47-51)38-62(67(60)75-31-7-3)44-64-40-56(24-20-52-16-12-28-72-48-52)39-63(68(64)76-32-8-4)43-61-37-54(22-18-50-14-10-26-70-46-50)35-59(41-57)66(61)74-30-6-2/h9-16,25-28,33-40,45-48H,5-8,29-32,41-44H2,1-4H3. The van der Waals surface area contributed by atoms with Gasteiger partial charge in [0, 0.05) is 164 Å². The van der Waals surface area contributed by atoms with E-state index in [0.29, 0.717) is 52.1 Å². The van der Waals surface area contributed by atoms with E-state index in [2.05, 4.69) is 144 Å². The van der Waals surface area contributed by atoms with Gasteiger partial charge in [-0.2, -0.15) is 0 Å². The number of rotatable bonds is 12. The van der Waals surface area contributed by atoms with Crippen LogP contribution in [0.5, 0.6) is 23.0 Å². The number of ether oxygens (including phenoxy) is 4. The SMILES string of the molecule is CCCOc1c2cc(C#Cc3cccnc3)cc1Cc1cc(C#Cc3cccnc3)cc(c1OCCC)Cc1cc(C#Cc3cccnc3)cc(c1OCCC)Cc1cc(C#Cc3cccnc3)cc(c1OCCC)C2. The molecule has 1 aliphatic rings. The van der Waals surface area contributed by atoms with Crippen LogP contribution in [0, 0.1) is 47.4 Å². The lowest BCUT2D eigenvalue weighted by atomic mass is 9.88. The Labute approximate surface area is 448 Å². The van der Waals surface area contributed by atoms with Crippen molar-refractivity contribution in [1.29, 1.82) is 0 Å². The van der Waals surface area contributed by atoms with Crippen molar-refractivity contribution in [3.63, 3.8) is 0 Å². The molecule has 0 amide bonds. The molecule has 8 heteroatoms. The van der Waals surface area contributed by atoms with Crippen LogP contribution in [-0.2, 0) is 25.7 Å². The van der Waals surface area contributed by atoms with Gasteiger partial charge in [0.25, 0.3) is 0 Å². The second-order valence-corrected chi connectivity index (χ2v) is 18.6. The molecular weight excluding hydrogens is 937 g/mol. The Morgan fingerprint density at radius 3 is 0.671 bits per heavy atom. The Kier molecular flexibility index (Phi) is 17.9. The van der Waals surface area contributed by atoms with Gasteiger partial charge in [-0.25, -0.2) is 0 Å². The molecule has 0 fully saturated rings. The first-order chi connectivity index (χ1) is 37.5. The molecule has 8 bridgehead atoms. The number of hydrogen-bond donors (Lipinski definition) is 0. The number of pyridine rings is 4. The van der Waals surface area contributed by atoms with Crippen molar-refractivity contribution in [3.05, 3.63) is 236 Å². The quantitative estimate of drug-likeness (QED) is 0.112. The Balaban J connectivity index is 1.37. The van der Waals surface area contributed by atoms with Crippen LogP contribution in [0.25, 0.3) is 0 Å². The van der Waals surface area contributed by atoms with Gasteiger partial charge in [0.15, 0.2) is 0 Å². The highest BCUT2D eigenvalue weighted by Crippen LogP contribution is 2.41. The molecule has 0 saturated heterocycles. The molecule has 4 aromatic carbocycles. The van der Waals surface area contributed by atoms with Gasteiger partial charge >= 0.3 is 0 Å². The maximum absolute atomic E-state index is 6.95. The highest BCUT2D eigenvalue weighted by Gasteiger charge is 2.24. The van der Waals surface area contributed by atoms with Crippen molar-refractivity contribution in [2.45, 2.75) is 79.1 Å². The van der Waals surface area contributed by atoms with Crippen molar-refractivity contribution in [1.82, 2.24) is 19.9 Å². The zero-order valence-electron chi connectivity index (χ0n) is 43.8. The predicted molar refractivity (Wildman–Crippen MR) is 301 cm³/mol.